The van der Waals surface area contributed by atoms with Crippen LogP contribution in [0.2, 0.25) is 0 Å². The first kappa shape index (κ1) is 30.6. The Labute approximate surface area is 306 Å². The quantitative estimate of drug-likeness (QED) is 0.176. The van der Waals surface area contributed by atoms with E-state index in [-0.39, 0.29) is 0 Å². The molecule has 0 amide bonds. The highest BCUT2D eigenvalue weighted by Gasteiger charge is 2.21. The normalized spacial score (nSPS) is 11.4. The van der Waals surface area contributed by atoms with Crippen molar-refractivity contribution in [2.45, 2.75) is 0 Å². The van der Waals surface area contributed by atoms with Gasteiger partial charge in [0.15, 0.2) is 17.5 Å². The van der Waals surface area contributed by atoms with Gasteiger partial charge in [-0.05, 0) is 50.9 Å². The van der Waals surface area contributed by atoms with Crippen LogP contribution in [0.4, 0.5) is 0 Å². The number of furan rings is 1. The second kappa shape index (κ2) is 12.9. The van der Waals surface area contributed by atoms with Gasteiger partial charge in [0.2, 0.25) is 0 Å². The van der Waals surface area contributed by atoms with Gasteiger partial charge in [-0.1, -0.05) is 176 Å². The molecule has 53 heavy (non-hydrogen) atoms. The van der Waals surface area contributed by atoms with Gasteiger partial charge in [-0.3, -0.25) is 0 Å². The summed E-state index contributed by atoms with van der Waals surface area (Å²) in [5.74, 6) is 1.75. The van der Waals surface area contributed by atoms with Gasteiger partial charge < -0.3 is 4.42 Å². The van der Waals surface area contributed by atoms with E-state index in [1.54, 1.807) is 0 Å². The maximum absolute atomic E-state index is 6.89. The summed E-state index contributed by atoms with van der Waals surface area (Å²) in [7, 11) is 0. The van der Waals surface area contributed by atoms with Crippen LogP contribution in [0.1, 0.15) is 0 Å². The zero-order valence-corrected chi connectivity index (χ0v) is 28.6. The lowest BCUT2D eigenvalue weighted by molar-refractivity contribution is 0.673. The van der Waals surface area contributed by atoms with E-state index in [1.807, 2.05) is 18.2 Å². The Hall–Kier alpha value is -7.17. The summed E-state index contributed by atoms with van der Waals surface area (Å²) >= 11 is 0. The van der Waals surface area contributed by atoms with Crippen LogP contribution in [0.25, 0.3) is 100 Å². The first-order valence-electron chi connectivity index (χ1n) is 17.8. The molecule has 0 spiro atoms. The van der Waals surface area contributed by atoms with Crippen LogP contribution in [-0.2, 0) is 0 Å². The van der Waals surface area contributed by atoms with Crippen LogP contribution in [-0.4, -0.2) is 15.0 Å². The summed E-state index contributed by atoms with van der Waals surface area (Å²) in [5.41, 5.74) is 11.0. The minimum atomic E-state index is 0.553. The van der Waals surface area contributed by atoms with E-state index < -0.39 is 0 Å². The van der Waals surface area contributed by atoms with Gasteiger partial charge in [0.05, 0.1) is 5.56 Å². The van der Waals surface area contributed by atoms with E-state index in [0.717, 1.165) is 71.7 Å². The van der Waals surface area contributed by atoms with Crippen molar-refractivity contribution in [1.29, 1.82) is 0 Å². The molecule has 10 rings (SSSR count). The first-order chi connectivity index (χ1) is 26.3. The highest BCUT2D eigenvalue weighted by molar-refractivity contribution is 6.20. The van der Waals surface area contributed by atoms with Crippen molar-refractivity contribution in [2.24, 2.45) is 0 Å². The van der Waals surface area contributed by atoms with Gasteiger partial charge >= 0.3 is 0 Å². The molecule has 0 saturated carbocycles. The molecule has 0 bridgehead atoms. The lowest BCUT2D eigenvalue weighted by atomic mass is 9.95. The van der Waals surface area contributed by atoms with Crippen molar-refractivity contribution >= 4 is 32.7 Å². The number of fused-ring (bicyclic) bond motifs is 5. The van der Waals surface area contributed by atoms with E-state index in [9.17, 15) is 0 Å². The van der Waals surface area contributed by atoms with E-state index in [1.165, 1.54) is 11.1 Å². The molecule has 8 aromatic carbocycles. The minimum absolute atomic E-state index is 0.553. The van der Waals surface area contributed by atoms with Gasteiger partial charge in [-0.15, -0.1) is 0 Å². The molecule has 10 aromatic rings. The highest BCUT2D eigenvalue weighted by Crippen LogP contribution is 2.42. The molecule has 0 fully saturated rings. The summed E-state index contributed by atoms with van der Waals surface area (Å²) < 4.78 is 6.89. The van der Waals surface area contributed by atoms with Crippen LogP contribution in [0.3, 0.4) is 0 Å². The van der Waals surface area contributed by atoms with Crippen molar-refractivity contribution in [3.8, 4) is 67.5 Å². The predicted molar refractivity (Wildman–Crippen MR) is 217 cm³/mol. The monoisotopic (exact) mass is 677 g/mol. The first-order valence-corrected chi connectivity index (χ1v) is 17.8. The fraction of sp³-hybridized carbons (Fsp3) is 0. The summed E-state index contributed by atoms with van der Waals surface area (Å²) in [6.45, 7) is 0. The third kappa shape index (κ3) is 5.45. The molecule has 0 N–H and O–H groups in total. The Morgan fingerprint density at radius 2 is 0.717 bits per heavy atom. The average molecular weight is 678 g/mol. The van der Waals surface area contributed by atoms with Crippen molar-refractivity contribution in [3.63, 3.8) is 0 Å². The van der Waals surface area contributed by atoms with Gasteiger partial charge in [0.1, 0.15) is 11.2 Å². The molecule has 0 saturated heterocycles. The molecule has 2 heterocycles. The maximum Gasteiger partial charge on any atom is 0.167 e. The summed E-state index contributed by atoms with van der Waals surface area (Å²) in [4.78, 5) is 15.5. The molecule has 248 valence electrons. The fourth-order valence-corrected chi connectivity index (χ4v) is 7.39. The van der Waals surface area contributed by atoms with Crippen molar-refractivity contribution < 1.29 is 4.42 Å². The Kier molecular flexibility index (Phi) is 7.43. The zero-order chi connectivity index (χ0) is 35.1. The largest absolute Gasteiger partial charge is 0.455 e. The number of aromatic nitrogens is 3. The molecular formula is C49H31N3O. The summed E-state index contributed by atoms with van der Waals surface area (Å²) in [6.07, 6.45) is 0. The topological polar surface area (TPSA) is 51.8 Å². The van der Waals surface area contributed by atoms with Gasteiger partial charge in [-0.25, -0.2) is 15.0 Å². The van der Waals surface area contributed by atoms with Crippen LogP contribution in [0, 0.1) is 0 Å². The van der Waals surface area contributed by atoms with Gasteiger partial charge in [0.25, 0.3) is 0 Å². The molecule has 0 aliphatic rings. The lowest BCUT2D eigenvalue weighted by Gasteiger charge is -2.12. The number of rotatable bonds is 6. The van der Waals surface area contributed by atoms with Gasteiger partial charge in [-0.2, -0.15) is 0 Å². The summed E-state index contributed by atoms with van der Waals surface area (Å²) in [5, 5.41) is 4.28. The standard InChI is InChI=1S/C49H31N3O/c1-4-15-32(16-5-1)33-27-29-36(30-28-33)47-50-48(41-24-13-10-21-37(41)34-17-6-2-7-18-34)52-49(51-47)42-26-14-25-40-44-31-43(35-19-8-3-9-20-35)38-22-11-12-23-39(38)46(44)53-45(40)42/h1-31H. The second-order valence-corrected chi connectivity index (χ2v) is 13.2. The van der Waals surface area contributed by atoms with Crippen molar-refractivity contribution in [1.82, 2.24) is 15.0 Å². The third-order valence-electron chi connectivity index (χ3n) is 9.97. The van der Waals surface area contributed by atoms with Crippen LogP contribution < -0.4 is 0 Å². The van der Waals surface area contributed by atoms with E-state index in [2.05, 4.69) is 170 Å². The zero-order valence-electron chi connectivity index (χ0n) is 28.6. The Morgan fingerprint density at radius 3 is 1.42 bits per heavy atom. The van der Waals surface area contributed by atoms with Crippen LogP contribution >= 0.6 is 0 Å². The minimum Gasteiger partial charge on any atom is -0.455 e. The van der Waals surface area contributed by atoms with E-state index >= 15 is 0 Å². The molecule has 0 aliphatic heterocycles. The van der Waals surface area contributed by atoms with Crippen molar-refractivity contribution in [2.75, 3.05) is 0 Å². The number of para-hydroxylation sites is 1. The molecule has 0 atom stereocenters. The third-order valence-corrected chi connectivity index (χ3v) is 9.97. The van der Waals surface area contributed by atoms with Gasteiger partial charge in [0, 0.05) is 27.3 Å². The molecule has 0 unspecified atom stereocenters. The Balaban J connectivity index is 1.20. The Bertz CT molecular complexity index is 2920. The molecule has 0 radical (unpaired) electrons. The SMILES string of the molecule is c1ccc(-c2ccc(-c3nc(-c4ccccc4-c4ccccc4)nc(-c4cccc5c4oc4c6ccccc6c(-c6ccccc6)cc54)n3)cc2)cc1. The molecule has 4 nitrogen and oxygen atoms in total. The molecule has 0 aliphatic carbocycles. The van der Waals surface area contributed by atoms with Crippen LogP contribution in [0.5, 0.6) is 0 Å². The smallest absolute Gasteiger partial charge is 0.167 e. The number of benzene rings is 8. The molecular weight excluding hydrogens is 647 g/mol. The predicted octanol–water partition coefficient (Wildman–Crippen LogP) is 12.9. The average Bonchev–Trinajstić information content (AvgIpc) is 3.63. The highest BCUT2D eigenvalue weighted by atomic mass is 16.3. The maximum atomic E-state index is 6.89. The fourth-order valence-electron chi connectivity index (χ4n) is 7.39. The molecule has 4 heteroatoms. The number of nitrogens with zero attached hydrogens (tertiary/aromatic N) is 3. The Morgan fingerprint density at radius 1 is 0.264 bits per heavy atom. The molecule has 2 aromatic heterocycles. The number of hydrogen-bond donors (Lipinski definition) is 0. The summed E-state index contributed by atoms with van der Waals surface area (Å²) in [6, 6.07) is 65.0. The van der Waals surface area contributed by atoms with Crippen molar-refractivity contribution in [3.05, 3.63) is 188 Å². The lowest BCUT2D eigenvalue weighted by Crippen LogP contribution is -2.01. The van der Waals surface area contributed by atoms with E-state index in [4.69, 9.17) is 19.4 Å². The van der Waals surface area contributed by atoms with Crippen LogP contribution in [0.15, 0.2) is 192 Å². The van der Waals surface area contributed by atoms with E-state index in [0.29, 0.717) is 17.5 Å². The number of hydrogen-bond acceptors (Lipinski definition) is 4. The second-order valence-electron chi connectivity index (χ2n) is 13.2.